The van der Waals surface area contributed by atoms with E-state index in [0.29, 0.717) is 12.1 Å². The Hall–Kier alpha value is -0.900. The lowest BCUT2D eigenvalue weighted by molar-refractivity contribution is -0.0305. The Morgan fingerprint density at radius 1 is 1.28 bits per heavy atom. The summed E-state index contributed by atoms with van der Waals surface area (Å²) in [6.45, 7) is 4.45. The van der Waals surface area contributed by atoms with Crippen LogP contribution in [0.1, 0.15) is 17.5 Å². The average molecular weight is 246 g/mol. The maximum absolute atomic E-state index is 5.30. The number of methoxy groups -OCH3 is 1. The molecule has 0 saturated carbocycles. The molecule has 0 unspecified atom stereocenters. The number of fused-ring (bicyclic) bond motifs is 1. The summed E-state index contributed by atoms with van der Waals surface area (Å²) in [7, 11) is 1.81. The van der Waals surface area contributed by atoms with Crippen molar-refractivity contribution in [2.75, 3.05) is 26.7 Å². The molecule has 98 valence electrons. The Morgan fingerprint density at radius 2 is 2.06 bits per heavy atom. The minimum Gasteiger partial charge on any atom is -0.379 e. The van der Waals surface area contributed by atoms with Gasteiger partial charge in [-0.2, -0.15) is 0 Å². The van der Waals surface area contributed by atoms with E-state index in [9.17, 15) is 0 Å². The average Bonchev–Trinajstić information content (AvgIpc) is 2.37. The van der Waals surface area contributed by atoms with Crippen LogP contribution in [-0.2, 0) is 17.7 Å². The number of ether oxygens (including phenoxy) is 1. The maximum atomic E-state index is 5.30. The number of rotatable bonds is 4. The molecule has 3 rings (SSSR count). The van der Waals surface area contributed by atoms with Crippen LogP contribution in [0.2, 0.25) is 0 Å². The van der Waals surface area contributed by atoms with Crippen LogP contribution in [0, 0.1) is 0 Å². The molecule has 2 aliphatic rings. The van der Waals surface area contributed by atoms with Gasteiger partial charge in [0.15, 0.2) is 0 Å². The molecule has 0 radical (unpaired) electrons. The SMILES string of the molecule is COC1CN(CC[C@@H]2Cc3ccccc3CN2)C1. The van der Waals surface area contributed by atoms with Gasteiger partial charge in [0.25, 0.3) is 0 Å². The van der Waals surface area contributed by atoms with Crippen molar-refractivity contribution in [2.24, 2.45) is 0 Å². The number of benzene rings is 1. The van der Waals surface area contributed by atoms with Crippen molar-refractivity contribution < 1.29 is 4.74 Å². The van der Waals surface area contributed by atoms with Crippen molar-refractivity contribution >= 4 is 0 Å². The van der Waals surface area contributed by atoms with Crippen molar-refractivity contribution in [1.82, 2.24) is 10.2 Å². The molecule has 1 aromatic carbocycles. The molecule has 0 amide bonds. The fourth-order valence-corrected chi connectivity index (χ4v) is 2.92. The van der Waals surface area contributed by atoms with Crippen LogP contribution in [0.15, 0.2) is 24.3 Å². The zero-order valence-corrected chi connectivity index (χ0v) is 11.1. The van der Waals surface area contributed by atoms with Gasteiger partial charge in [-0.25, -0.2) is 0 Å². The topological polar surface area (TPSA) is 24.5 Å². The molecule has 1 atom stereocenters. The fourth-order valence-electron chi connectivity index (χ4n) is 2.92. The minimum atomic E-state index is 0.477. The third-order valence-corrected chi connectivity index (χ3v) is 4.22. The summed E-state index contributed by atoms with van der Waals surface area (Å²) >= 11 is 0. The predicted molar refractivity (Wildman–Crippen MR) is 72.6 cm³/mol. The van der Waals surface area contributed by atoms with Crippen LogP contribution in [-0.4, -0.2) is 43.8 Å². The van der Waals surface area contributed by atoms with E-state index in [0.717, 1.165) is 19.6 Å². The third kappa shape index (κ3) is 2.58. The van der Waals surface area contributed by atoms with Crippen LogP contribution in [0.25, 0.3) is 0 Å². The van der Waals surface area contributed by atoms with Gasteiger partial charge < -0.3 is 10.1 Å². The van der Waals surface area contributed by atoms with Gasteiger partial charge in [-0.3, -0.25) is 4.90 Å². The number of nitrogens with one attached hydrogen (secondary N) is 1. The van der Waals surface area contributed by atoms with Crippen LogP contribution in [0.3, 0.4) is 0 Å². The van der Waals surface area contributed by atoms with Crippen molar-refractivity contribution in [3.8, 4) is 0 Å². The fraction of sp³-hybridized carbons (Fsp3) is 0.600. The summed E-state index contributed by atoms with van der Waals surface area (Å²) in [4.78, 5) is 2.48. The number of likely N-dealkylation sites (tertiary alicyclic amines) is 1. The zero-order valence-electron chi connectivity index (χ0n) is 11.1. The normalized spacial score (nSPS) is 24.6. The second-order valence-electron chi connectivity index (χ2n) is 5.46. The van der Waals surface area contributed by atoms with Gasteiger partial charge in [0.2, 0.25) is 0 Å². The molecule has 0 aromatic heterocycles. The Bertz CT molecular complexity index is 401. The lowest BCUT2D eigenvalue weighted by atomic mass is 9.94. The van der Waals surface area contributed by atoms with Crippen molar-refractivity contribution in [3.05, 3.63) is 35.4 Å². The van der Waals surface area contributed by atoms with E-state index in [4.69, 9.17) is 4.74 Å². The molecule has 1 fully saturated rings. The summed E-state index contributed by atoms with van der Waals surface area (Å²) in [5.74, 6) is 0. The Morgan fingerprint density at radius 3 is 2.83 bits per heavy atom. The largest absolute Gasteiger partial charge is 0.379 e. The summed E-state index contributed by atoms with van der Waals surface area (Å²) in [5, 5.41) is 3.65. The molecule has 1 aromatic rings. The summed E-state index contributed by atoms with van der Waals surface area (Å²) < 4.78 is 5.30. The number of hydrogen-bond acceptors (Lipinski definition) is 3. The molecular weight excluding hydrogens is 224 g/mol. The van der Waals surface area contributed by atoms with E-state index in [2.05, 4.69) is 34.5 Å². The number of nitrogens with zero attached hydrogens (tertiary/aromatic N) is 1. The van der Waals surface area contributed by atoms with Crippen LogP contribution >= 0.6 is 0 Å². The summed E-state index contributed by atoms with van der Waals surface area (Å²) in [6.07, 6.45) is 2.90. The lowest BCUT2D eigenvalue weighted by Gasteiger charge is -2.39. The van der Waals surface area contributed by atoms with Gasteiger partial charge in [-0.1, -0.05) is 24.3 Å². The molecule has 2 heterocycles. The molecule has 3 nitrogen and oxygen atoms in total. The van der Waals surface area contributed by atoms with Gasteiger partial charge in [0.05, 0.1) is 6.10 Å². The molecule has 0 aliphatic carbocycles. The van der Waals surface area contributed by atoms with Crippen molar-refractivity contribution in [1.29, 1.82) is 0 Å². The second kappa shape index (κ2) is 5.39. The van der Waals surface area contributed by atoms with E-state index < -0.39 is 0 Å². The third-order valence-electron chi connectivity index (χ3n) is 4.22. The van der Waals surface area contributed by atoms with Gasteiger partial charge in [-0.15, -0.1) is 0 Å². The van der Waals surface area contributed by atoms with Gasteiger partial charge >= 0.3 is 0 Å². The first-order valence-corrected chi connectivity index (χ1v) is 6.90. The first kappa shape index (κ1) is 12.2. The Balaban J connectivity index is 1.46. The lowest BCUT2D eigenvalue weighted by Crippen LogP contribution is -2.53. The van der Waals surface area contributed by atoms with E-state index >= 15 is 0 Å². The van der Waals surface area contributed by atoms with Gasteiger partial charge in [-0.05, 0) is 30.5 Å². The zero-order chi connectivity index (χ0) is 12.4. The predicted octanol–water partition coefficient (Wildman–Crippen LogP) is 1.42. The van der Waals surface area contributed by atoms with E-state index in [-0.39, 0.29) is 0 Å². The second-order valence-corrected chi connectivity index (χ2v) is 5.46. The monoisotopic (exact) mass is 246 g/mol. The summed E-state index contributed by atoms with van der Waals surface area (Å²) in [6, 6.07) is 9.43. The standard InChI is InChI=1S/C15H22N2O/c1-18-15-10-17(11-15)7-6-14-8-12-4-2-3-5-13(12)9-16-14/h2-5,14-16H,6-11H2,1H3/t14-/m1/s1. The summed E-state index contributed by atoms with van der Waals surface area (Å²) in [5.41, 5.74) is 3.00. The van der Waals surface area contributed by atoms with Gasteiger partial charge in [0, 0.05) is 32.8 Å². The van der Waals surface area contributed by atoms with E-state index in [1.807, 2.05) is 7.11 Å². The van der Waals surface area contributed by atoms with Crippen LogP contribution < -0.4 is 5.32 Å². The molecule has 1 saturated heterocycles. The maximum Gasteiger partial charge on any atom is 0.0824 e. The van der Waals surface area contributed by atoms with Gasteiger partial charge in [0.1, 0.15) is 0 Å². The molecule has 0 bridgehead atoms. The molecule has 3 heteroatoms. The highest BCUT2D eigenvalue weighted by Gasteiger charge is 2.27. The quantitative estimate of drug-likeness (QED) is 0.869. The Kier molecular flexibility index (Phi) is 3.64. The van der Waals surface area contributed by atoms with Crippen molar-refractivity contribution in [2.45, 2.75) is 31.5 Å². The molecule has 18 heavy (non-hydrogen) atoms. The highest BCUT2D eigenvalue weighted by Crippen LogP contribution is 2.19. The molecular formula is C15H22N2O. The molecule has 0 spiro atoms. The molecule has 1 N–H and O–H groups in total. The highest BCUT2D eigenvalue weighted by molar-refractivity contribution is 5.29. The minimum absolute atomic E-state index is 0.477. The van der Waals surface area contributed by atoms with Crippen molar-refractivity contribution in [3.63, 3.8) is 0 Å². The number of hydrogen-bond donors (Lipinski definition) is 1. The Labute approximate surface area is 109 Å². The van der Waals surface area contributed by atoms with E-state index in [1.165, 1.54) is 30.5 Å². The van der Waals surface area contributed by atoms with Crippen LogP contribution in [0.5, 0.6) is 0 Å². The smallest absolute Gasteiger partial charge is 0.0824 e. The first-order valence-electron chi connectivity index (χ1n) is 6.90. The molecule has 2 aliphatic heterocycles. The highest BCUT2D eigenvalue weighted by atomic mass is 16.5. The van der Waals surface area contributed by atoms with E-state index in [1.54, 1.807) is 0 Å². The first-order chi connectivity index (χ1) is 8.85. The van der Waals surface area contributed by atoms with Crippen LogP contribution in [0.4, 0.5) is 0 Å².